The maximum Gasteiger partial charge on any atom is 0.162 e. The van der Waals surface area contributed by atoms with E-state index in [2.05, 4.69) is 79.0 Å². The third-order valence-corrected chi connectivity index (χ3v) is 6.65. The molecule has 0 spiro atoms. The van der Waals surface area contributed by atoms with Crippen molar-refractivity contribution in [3.05, 3.63) is 96.2 Å². The van der Waals surface area contributed by atoms with Gasteiger partial charge in [-0.15, -0.1) is 5.10 Å². The van der Waals surface area contributed by atoms with Crippen molar-refractivity contribution >= 4 is 16.4 Å². The van der Waals surface area contributed by atoms with Crippen LogP contribution in [0.5, 0.6) is 11.5 Å². The van der Waals surface area contributed by atoms with Crippen LogP contribution in [0.3, 0.4) is 0 Å². The van der Waals surface area contributed by atoms with Gasteiger partial charge in [0, 0.05) is 28.8 Å². The minimum Gasteiger partial charge on any atom is -0.493 e. The molecule has 0 bridgehead atoms. The zero-order valence-corrected chi connectivity index (χ0v) is 20.7. The molecule has 3 aromatic carbocycles. The molecule has 6 rings (SSSR count). The third-order valence-electron chi connectivity index (χ3n) is 6.65. The Morgan fingerprint density at radius 2 is 1.33 bits per heavy atom. The average Bonchev–Trinajstić information content (AvgIpc) is 3.47. The van der Waals surface area contributed by atoms with Crippen molar-refractivity contribution in [1.29, 1.82) is 0 Å². The van der Waals surface area contributed by atoms with Crippen molar-refractivity contribution in [2.75, 3.05) is 14.2 Å². The van der Waals surface area contributed by atoms with E-state index in [-0.39, 0.29) is 0 Å². The van der Waals surface area contributed by atoms with E-state index in [0.29, 0.717) is 11.5 Å². The van der Waals surface area contributed by atoms with Crippen LogP contribution >= 0.6 is 0 Å². The molecule has 0 unspecified atom stereocenters. The fourth-order valence-corrected chi connectivity index (χ4v) is 4.78. The van der Waals surface area contributed by atoms with Gasteiger partial charge in [-0.25, -0.2) is 4.68 Å². The number of aromatic nitrogens is 4. The summed E-state index contributed by atoms with van der Waals surface area (Å²) in [5.74, 6) is 1.34. The average molecular weight is 475 g/mol. The molecule has 0 amide bonds. The predicted molar refractivity (Wildman–Crippen MR) is 143 cm³/mol. The molecule has 0 aliphatic rings. The number of pyridine rings is 1. The lowest BCUT2D eigenvalue weighted by Crippen LogP contribution is -2.00. The zero-order chi connectivity index (χ0) is 24.8. The SMILES string of the molecule is COc1cc2c(-n3nnc(-c4ccc(C)cc4)c3-c3ccc(C)cc3)c3ccccn3c2cc1OC. The largest absolute Gasteiger partial charge is 0.493 e. The molecule has 3 aromatic heterocycles. The minimum absolute atomic E-state index is 0.665. The molecule has 0 aliphatic heterocycles. The molecule has 0 aliphatic carbocycles. The standard InChI is InChI=1S/C30H26N4O2/c1-19-8-12-21(13-9-19)28-29(22-14-10-20(2)11-15-22)34(32-31-28)30-23-17-26(35-3)27(36-4)18-25(23)33-16-6-5-7-24(30)33/h5-18H,1-4H3. The van der Waals surface area contributed by atoms with Crippen LogP contribution in [0.15, 0.2) is 85.1 Å². The van der Waals surface area contributed by atoms with Gasteiger partial charge in [0.25, 0.3) is 0 Å². The van der Waals surface area contributed by atoms with Gasteiger partial charge in [0.2, 0.25) is 0 Å². The first-order valence-corrected chi connectivity index (χ1v) is 11.8. The molecular weight excluding hydrogens is 448 g/mol. The van der Waals surface area contributed by atoms with E-state index in [1.165, 1.54) is 11.1 Å². The normalized spacial score (nSPS) is 11.3. The number of aryl methyl sites for hydroxylation is 2. The maximum absolute atomic E-state index is 5.67. The van der Waals surface area contributed by atoms with Crippen molar-refractivity contribution in [3.63, 3.8) is 0 Å². The Hall–Kier alpha value is -4.58. The Bertz CT molecular complexity index is 1710. The topological polar surface area (TPSA) is 53.6 Å². The number of hydrogen-bond acceptors (Lipinski definition) is 4. The van der Waals surface area contributed by atoms with Crippen LogP contribution < -0.4 is 9.47 Å². The molecule has 178 valence electrons. The number of ether oxygens (including phenoxy) is 2. The molecule has 0 saturated carbocycles. The van der Waals surface area contributed by atoms with Crippen LogP contribution in [0.4, 0.5) is 0 Å². The van der Waals surface area contributed by atoms with Gasteiger partial charge in [-0.05, 0) is 32.0 Å². The second-order valence-corrected chi connectivity index (χ2v) is 8.96. The van der Waals surface area contributed by atoms with E-state index in [1.54, 1.807) is 14.2 Å². The zero-order valence-electron chi connectivity index (χ0n) is 20.7. The highest BCUT2D eigenvalue weighted by atomic mass is 16.5. The van der Waals surface area contributed by atoms with Crippen molar-refractivity contribution in [1.82, 2.24) is 19.4 Å². The lowest BCUT2D eigenvalue weighted by molar-refractivity contribution is 0.356. The Kier molecular flexibility index (Phi) is 5.22. The Morgan fingerprint density at radius 3 is 2.00 bits per heavy atom. The monoisotopic (exact) mass is 474 g/mol. The van der Waals surface area contributed by atoms with Crippen LogP contribution in [-0.2, 0) is 0 Å². The first-order valence-electron chi connectivity index (χ1n) is 11.8. The second kappa shape index (κ2) is 8.57. The van der Waals surface area contributed by atoms with Crippen LogP contribution in [0.1, 0.15) is 11.1 Å². The summed E-state index contributed by atoms with van der Waals surface area (Å²) in [4.78, 5) is 0. The summed E-state index contributed by atoms with van der Waals surface area (Å²) in [5, 5.41) is 10.4. The van der Waals surface area contributed by atoms with Crippen molar-refractivity contribution in [3.8, 4) is 39.7 Å². The molecule has 6 aromatic rings. The molecule has 6 nitrogen and oxygen atoms in total. The summed E-state index contributed by atoms with van der Waals surface area (Å²) in [5.41, 5.74) is 9.19. The molecule has 0 saturated heterocycles. The number of fused-ring (bicyclic) bond motifs is 3. The van der Waals surface area contributed by atoms with Crippen LogP contribution in [0.25, 0.3) is 44.6 Å². The summed E-state index contributed by atoms with van der Waals surface area (Å²) < 4.78 is 15.4. The van der Waals surface area contributed by atoms with Crippen molar-refractivity contribution in [2.24, 2.45) is 0 Å². The third kappa shape index (κ3) is 3.41. The van der Waals surface area contributed by atoms with Crippen molar-refractivity contribution < 1.29 is 9.47 Å². The van der Waals surface area contributed by atoms with E-state index >= 15 is 0 Å². The smallest absolute Gasteiger partial charge is 0.162 e. The maximum atomic E-state index is 5.67. The highest BCUT2D eigenvalue weighted by molar-refractivity contribution is 6.01. The molecule has 0 radical (unpaired) electrons. The van der Waals surface area contributed by atoms with E-state index in [4.69, 9.17) is 19.8 Å². The molecule has 3 heterocycles. The lowest BCUT2D eigenvalue weighted by Gasteiger charge is -2.11. The van der Waals surface area contributed by atoms with E-state index in [9.17, 15) is 0 Å². The highest BCUT2D eigenvalue weighted by Crippen LogP contribution is 2.41. The summed E-state index contributed by atoms with van der Waals surface area (Å²) >= 11 is 0. The van der Waals surface area contributed by atoms with Crippen molar-refractivity contribution in [2.45, 2.75) is 13.8 Å². The van der Waals surface area contributed by atoms with Crippen LogP contribution in [-0.4, -0.2) is 33.6 Å². The Balaban J connectivity index is 1.72. The molecule has 0 N–H and O–H groups in total. The first-order chi connectivity index (χ1) is 17.6. The van der Waals surface area contributed by atoms with Gasteiger partial charge >= 0.3 is 0 Å². The fourth-order valence-electron chi connectivity index (χ4n) is 4.78. The van der Waals surface area contributed by atoms with Gasteiger partial charge in [-0.2, -0.15) is 0 Å². The molecule has 0 atom stereocenters. The first kappa shape index (κ1) is 21.9. The number of hydrogen-bond donors (Lipinski definition) is 0. The van der Waals surface area contributed by atoms with Crippen LogP contribution in [0, 0.1) is 13.8 Å². The second-order valence-electron chi connectivity index (χ2n) is 8.96. The van der Waals surface area contributed by atoms with Gasteiger partial charge in [0.1, 0.15) is 17.1 Å². The lowest BCUT2D eigenvalue weighted by atomic mass is 10.0. The molecular formula is C30H26N4O2. The van der Waals surface area contributed by atoms with E-state index < -0.39 is 0 Å². The van der Waals surface area contributed by atoms with Gasteiger partial charge in [-0.3, -0.25) is 0 Å². The predicted octanol–water partition coefficient (Wildman–Crippen LogP) is 6.64. The van der Waals surface area contributed by atoms with E-state index in [0.717, 1.165) is 44.6 Å². The molecule has 6 heteroatoms. The summed E-state index contributed by atoms with van der Waals surface area (Å²) in [6.45, 7) is 4.18. The Morgan fingerprint density at radius 1 is 0.694 bits per heavy atom. The summed E-state index contributed by atoms with van der Waals surface area (Å²) in [7, 11) is 3.31. The van der Waals surface area contributed by atoms with Gasteiger partial charge in [0.05, 0.1) is 25.3 Å². The number of rotatable bonds is 5. The molecule has 36 heavy (non-hydrogen) atoms. The quantitative estimate of drug-likeness (QED) is 0.281. The number of benzene rings is 3. The van der Waals surface area contributed by atoms with Gasteiger partial charge in [0.15, 0.2) is 11.5 Å². The summed E-state index contributed by atoms with van der Waals surface area (Å²) in [6.07, 6.45) is 2.05. The number of methoxy groups -OCH3 is 2. The van der Waals surface area contributed by atoms with Gasteiger partial charge in [-0.1, -0.05) is 70.9 Å². The van der Waals surface area contributed by atoms with Crippen LogP contribution in [0.2, 0.25) is 0 Å². The Labute approximate surface area is 209 Å². The molecule has 0 fully saturated rings. The fraction of sp³-hybridized carbons (Fsp3) is 0.133. The summed E-state index contributed by atoms with van der Waals surface area (Å²) in [6, 6.07) is 27.1. The van der Waals surface area contributed by atoms with Gasteiger partial charge < -0.3 is 13.9 Å². The number of nitrogens with zero attached hydrogens (tertiary/aromatic N) is 4. The van der Waals surface area contributed by atoms with E-state index in [1.807, 2.05) is 28.9 Å². The minimum atomic E-state index is 0.665. The highest BCUT2D eigenvalue weighted by Gasteiger charge is 2.24.